The molecular formula is C18H13F7I2N2O. The van der Waals surface area contributed by atoms with Crippen LogP contribution in [0.1, 0.15) is 16.7 Å². The van der Waals surface area contributed by atoms with Gasteiger partial charge in [-0.15, -0.1) is 0 Å². The summed E-state index contributed by atoms with van der Waals surface area (Å²) in [4.78, 5) is 0. The van der Waals surface area contributed by atoms with Crippen LogP contribution in [0.25, 0.3) is 0 Å². The number of alkyl halides is 7. The minimum Gasteiger partial charge on any atom is -0.487 e. The minimum atomic E-state index is -6.43. The Bertz CT molecular complexity index is 910. The Labute approximate surface area is 194 Å². The van der Waals surface area contributed by atoms with Gasteiger partial charge in [0, 0.05) is 0 Å². The lowest BCUT2D eigenvalue weighted by atomic mass is 10.1. The van der Waals surface area contributed by atoms with Crippen LogP contribution in [0.4, 0.5) is 30.7 Å². The van der Waals surface area contributed by atoms with Crippen molar-refractivity contribution in [2.75, 3.05) is 0 Å². The molecule has 0 atom stereocenters. The smallest absolute Gasteiger partial charge is 0.462 e. The molecule has 0 unspecified atom stereocenters. The van der Waals surface area contributed by atoms with Crippen molar-refractivity contribution in [2.24, 2.45) is 5.10 Å². The average molecular weight is 660 g/mol. The summed E-state index contributed by atoms with van der Waals surface area (Å²) in [6.07, 6.45) is -5.71. The predicted octanol–water partition coefficient (Wildman–Crippen LogP) is 6.50. The van der Waals surface area contributed by atoms with Gasteiger partial charge >= 0.3 is 18.1 Å². The number of aryl methyl sites for hydroxylation is 1. The van der Waals surface area contributed by atoms with Crippen LogP contribution in [0.3, 0.4) is 0 Å². The first kappa shape index (κ1) is 24.9. The first-order valence-electron chi connectivity index (χ1n) is 8.04. The number of hydrogen-bond acceptors (Lipinski definition) is 3. The molecule has 0 radical (unpaired) electrons. The van der Waals surface area contributed by atoms with Gasteiger partial charge in [-0.25, -0.2) is 5.43 Å². The van der Waals surface area contributed by atoms with E-state index in [0.717, 1.165) is 17.3 Å². The first-order valence-corrected chi connectivity index (χ1v) is 10.2. The molecule has 30 heavy (non-hydrogen) atoms. The molecule has 3 nitrogen and oxygen atoms in total. The molecule has 0 aliphatic rings. The highest BCUT2D eigenvalue weighted by Crippen LogP contribution is 2.45. The Morgan fingerprint density at radius 1 is 1.00 bits per heavy atom. The van der Waals surface area contributed by atoms with Crippen molar-refractivity contribution in [3.05, 3.63) is 60.2 Å². The SMILES string of the molecule is Cc1cccc(COc2c(I)cc(/C=N/NC(F)(F)C(F)(F)C(F)(F)F)cc2I)c1. The molecule has 0 spiro atoms. The number of benzene rings is 2. The van der Waals surface area contributed by atoms with E-state index in [0.29, 0.717) is 18.3 Å². The zero-order valence-electron chi connectivity index (χ0n) is 15.0. The van der Waals surface area contributed by atoms with E-state index < -0.39 is 18.1 Å². The van der Waals surface area contributed by atoms with E-state index in [-0.39, 0.29) is 12.2 Å². The molecule has 0 aromatic heterocycles. The summed E-state index contributed by atoms with van der Waals surface area (Å²) in [5, 5.41) is 2.86. The standard InChI is InChI=1S/C18H13F7I2N2O/c1-10-3-2-4-11(5-10)9-30-15-13(26)6-12(7-14(15)27)8-28-29-18(24,25)16(19,20)17(21,22)23/h2-8,29H,9H2,1H3/b28-8+. The number of nitrogens with zero attached hydrogens (tertiary/aromatic N) is 1. The molecule has 0 aliphatic carbocycles. The fourth-order valence-electron chi connectivity index (χ4n) is 2.19. The van der Waals surface area contributed by atoms with E-state index in [2.05, 4.69) is 5.10 Å². The van der Waals surface area contributed by atoms with Gasteiger partial charge in [-0.1, -0.05) is 29.8 Å². The molecule has 0 fully saturated rings. The molecule has 164 valence electrons. The Morgan fingerprint density at radius 2 is 1.60 bits per heavy atom. The largest absolute Gasteiger partial charge is 0.487 e. The predicted molar refractivity (Wildman–Crippen MR) is 114 cm³/mol. The quantitative estimate of drug-likeness (QED) is 0.121. The second kappa shape index (κ2) is 9.44. The maximum Gasteiger partial charge on any atom is 0.462 e. The molecule has 1 N–H and O–H groups in total. The molecule has 0 saturated heterocycles. The van der Waals surface area contributed by atoms with Gasteiger partial charge in [0.05, 0.1) is 13.4 Å². The number of rotatable bonds is 7. The highest BCUT2D eigenvalue weighted by Gasteiger charge is 2.73. The van der Waals surface area contributed by atoms with Gasteiger partial charge in [0.15, 0.2) is 0 Å². The highest BCUT2D eigenvalue weighted by atomic mass is 127. The summed E-state index contributed by atoms with van der Waals surface area (Å²) in [6, 6.07) is 4.96. The molecule has 0 heterocycles. The maximum absolute atomic E-state index is 13.2. The molecule has 2 aromatic rings. The van der Waals surface area contributed by atoms with E-state index in [1.165, 1.54) is 12.1 Å². The fraction of sp³-hybridized carbons (Fsp3) is 0.278. The van der Waals surface area contributed by atoms with Gasteiger partial charge in [-0.2, -0.15) is 35.8 Å². The number of nitrogens with one attached hydrogen (secondary N) is 1. The molecule has 0 saturated carbocycles. The summed E-state index contributed by atoms with van der Waals surface area (Å²) >= 11 is 3.85. The van der Waals surface area contributed by atoms with Gasteiger partial charge in [-0.05, 0) is 75.4 Å². The minimum absolute atomic E-state index is 0.199. The van der Waals surface area contributed by atoms with Gasteiger partial charge in [-0.3, -0.25) is 0 Å². The van der Waals surface area contributed by atoms with Crippen molar-refractivity contribution in [1.82, 2.24) is 5.43 Å². The Hall–Kier alpha value is -1.32. The first-order chi connectivity index (χ1) is 13.7. The van der Waals surface area contributed by atoms with Crippen LogP contribution in [0, 0.1) is 14.1 Å². The summed E-state index contributed by atoms with van der Waals surface area (Å²) < 4.78 is 95.3. The second-order valence-electron chi connectivity index (χ2n) is 6.11. The van der Waals surface area contributed by atoms with Crippen molar-refractivity contribution >= 4 is 51.4 Å². The van der Waals surface area contributed by atoms with Gasteiger partial charge in [0.25, 0.3) is 0 Å². The van der Waals surface area contributed by atoms with Crippen molar-refractivity contribution in [3.63, 3.8) is 0 Å². The molecule has 0 aliphatic heterocycles. The Morgan fingerprint density at radius 3 is 2.13 bits per heavy atom. The van der Waals surface area contributed by atoms with Gasteiger partial charge in [0.1, 0.15) is 12.4 Å². The molecule has 0 bridgehead atoms. The molecular weight excluding hydrogens is 647 g/mol. The fourth-order valence-corrected chi connectivity index (χ4v) is 4.31. The molecule has 0 amide bonds. The molecule has 12 heteroatoms. The monoisotopic (exact) mass is 660 g/mol. The van der Waals surface area contributed by atoms with Crippen molar-refractivity contribution in [1.29, 1.82) is 0 Å². The second-order valence-corrected chi connectivity index (χ2v) is 8.43. The lowest BCUT2D eigenvalue weighted by Crippen LogP contribution is -2.58. The Balaban J connectivity index is 2.11. The van der Waals surface area contributed by atoms with E-state index in [9.17, 15) is 30.7 Å². The van der Waals surface area contributed by atoms with Gasteiger partial charge < -0.3 is 4.74 Å². The van der Waals surface area contributed by atoms with E-state index >= 15 is 0 Å². The molecule has 2 rings (SSSR count). The number of ether oxygens (including phenoxy) is 1. The van der Waals surface area contributed by atoms with E-state index in [4.69, 9.17) is 4.74 Å². The van der Waals surface area contributed by atoms with Crippen molar-refractivity contribution in [3.8, 4) is 5.75 Å². The highest BCUT2D eigenvalue weighted by molar-refractivity contribution is 14.1. The lowest BCUT2D eigenvalue weighted by molar-refractivity contribution is -0.361. The number of hydrogen-bond donors (Lipinski definition) is 1. The maximum atomic E-state index is 13.2. The zero-order chi connectivity index (χ0) is 22.7. The van der Waals surface area contributed by atoms with E-state index in [1.807, 2.05) is 76.4 Å². The van der Waals surface area contributed by atoms with Gasteiger partial charge in [0.2, 0.25) is 0 Å². The Kier molecular flexibility index (Phi) is 7.85. The van der Waals surface area contributed by atoms with Crippen LogP contribution in [-0.4, -0.2) is 24.4 Å². The van der Waals surface area contributed by atoms with Crippen molar-refractivity contribution in [2.45, 2.75) is 31.7 Å². The number of halogens is 9. The normalized spacial score (nSPS) is 13.0. The van der Waals surface area contributed by atoms with Crippen LogP contribution in [-0.2, 0) is 6.61 Å². The molecule has 2 aromatic carbocycles. The van der Waals surface area contributed by atoms with Crippen LogP contribution in [0.5, 0.6) is 5.75 Å². The summed E-state index contributed by atoms with van der Waals surface area (Å²) in [5.41, 5.74) is 2.79. The third-order valence-corrected chi connectivity index (χ3v) is 5.26. The average Bonchev–Trinajstić information content (AvgIpc) is 2.60. The zero-order valence-corrected chi connectivity index (χ0v) is 19.3. The van der Waals surface area contributed by atoms with Crippen LogP contribution in [0.15, 0.2) is 41.5 Å². The summed E-state index contributed by atoms with van der Waals surface area (Å²) in [7, 11) is 0. The third kappa shape index (κ3) is 5.88. The summed E-state index contributed by atoms with van der Waals surface area (Å²) in [5.74, 6) is -5.77. The van der Waals surface area contributed by atoms with Crippen molar-refractivity contribution < 1.29 is 35.5 Å². The topological polar surface area (TPSA) is 33.6 Å². The van der Waals surface area contributed by atoms with Crippen LogP contribution >= 0.6 is 45.2 Å². The third-order valence-electron chi connectivity index (χ3n) is 3.66. The van der Waals surface area contributed by atoms with E-state index in [1.54, 1.807) is 0 Å². The lowest BCUT2D eigenvalue weighted by Gasteiger charge is -2.27. The van der Waals surface area contributed by atoms with Crippen LogP contribution in [0.2, 0.25) is 0 Å². The van der Waals surface area contributed by atoms with Crippen LogP contribution < -0.4 is 10.2 Å². The number of hydrazone groups is 1. The summed E-state index contributed by atoms with van der Waals surface area (Å²) in [6.45, 7) is 2.22.